The Balaban J connectivity index is 1.59. The molecular weight excluding hydrogens is 352 g/mol. The van der Waals surface area contributed by atoms with Crippen LogP contribution < -0.4 is 4.90 Å². The van der Waals surface area contributed by atoms with Crippen molar-refractivity contribution < 1.29 is 0 Å². The lowest BCUT2D eigenvalue weighted by atomic mass is 10.0. The van der Waals surface area contributed by atoms with Crippen molar-refractivity contribution in [2.24, 2.45) is 0 Å². The number of aromatic nitrogens is 1. The first kappa shape index (κ1) is 17.2. The topological polar surface area (TPSA) is 16.1 Å². The monoisotopic (exact) mass is 372 g/mol. The number of anilines is 3. The molecule has 0 atom stereocenters. The van der Waals surface area contributed by atoms with Crippen LogP contribution >= 0.6 is 0 Å². The van der Waals surface area contributed by atoms with Crippen LogP contribution in [0.3, 0.4) is 0 Å². The summed E-state index contributed by atoms with van der Waals surface area (Å²) in [6.45, 7) is 0. The Morgan fingerprint density at radius 2 is 1.03 bits per heavy atom. The largest absolute Gasteiger partial charge is 0.311 e. The molecule has 0 bridgehead atoms. The fourth-order valence-electron chi connectivity index (χ4n) is 3.74. The predicted molar refractivity (Wildman–Crippen MR) is 122 cm³/mol. The van der Waals surface area contributed by atoms with Gasteiger partial charge in [0.2, 0.25) is 0 Å². The molecule has 4 aromatic carbocycles. The van der Waals surface area contributed by atoms with Gasteiger partial charge in [0.1, 0.15) is 0 Å². The second-order valence-electron chi connectivity index (χ2n) is 6.93. The molecule has 0 aliphatic heterocycles. The van der Waals surface area contributed by atoms with Gasteiger partial charge in [-0.1, -0.05) is 66.7 Å². The minimum Gasteiger partial charge on any atom is -0.311 e. The second kappa shape index (κ2) is 7.61. The van der Waals surface area contributed by atoms with Gasteiger partial charge in [-0.05, 0) is 59.7 Å². The fraction of sp³-hybridized carbons (Fsp3) is 0. The third-order valence-corrected chi connectivity index (χ3v) is 5.11. The van der Waals surface area contributed by atoms with E-state index in [2.05, 4.69) is 107 Å². The molecule has 0 amide bonds. The molecular formula is C27H20N2. The average Bonchev–Trinajstić information content (AvgIpc) is 2.81. The zero-order chi connectivity index (χ0) is 19.5. The Morgan fingerprint density at radius 1 is 0.483 bits per heavy atom. The summed E-state index contributed by atoms with van der Waals surface area (Å²) < 4.78 is 0. The summed E-state index contributed by atoms with van der Waals surface area (Å²) in [6, 6.07) is 40.0. The first-order valence-electron chi connectivity index (χ1n) is 9.74. The van der Waals surface area contributed by atoms with E-state index in [9.17, 15) is 0 Å². The molecule has 1 heterocycles. The number of fused-ring (bicyclic) bond motifs is 1. The molecule has 0 unspecified atom stereocenters. The van der Waals surface area contributed by atoms with Gasteiger partial charge < -0.3 is 4.90 Å². The smallest absolute Gasteiger partial charge is 0.0708 e. The van der Waals surface area contributed by atoms with E-state index in [1.807, 2.05) is 24.4 Å². The molecule has 2 heteroatoms. The molecule has 0 aliphatic rings. The number of hydrogen-bond donors (Lipinski definition) is 0. The highest BCUT2D eigenvalue weighted by molar-refractivity contribution is 5.94. The zero-order valence-corrected chi connectivity index (χ0v) is 15.9. The van der Waals surface area contributed by atoms with Gasteiger partial charge in [-0.15, -0.1) is 0 Å². The van der Waals surface area contributed by atoms with Crippen molar-refractivity contribution in [1.29, 1.82) is 0 Å². The van der Waals surface area contributed by atoms with E-state index in [1.165, 1.54) is 16.5 Å². The van der Waals surface area contributed by atoms with Crippen LogP contribution in [0.5, 0.6) is 0 Å². The molecule has 0 spiro atoms. The lowest BCUT2D eigenvalue weighted by molar-refractivity contribution is 1.28. The Kier molecular flexibility index (Phi) is 4.51. The summed E-state index contributed by atoms with van der Waals surface area (Å²) in [5.41, 5.74) is 6.82. The van der Waals surface area contributed by atoms with Gasteiger partial charge in [-0.25, -0.2) is 0 Å². The average molecular weight is 372 g/mol. The second-order valence-corrected chi connectivity index (χ2v) is 6.93. The van der Waals surface area contributed by atoms with Crippen molar-refractivity contribution in [2.75, 3.05) is 4.90 Å². The van der Waals surface area contributed by atoms with Crippen LogP contribution in [-0.4, -0.2) is 4.98 Å². The predicted octanol–water partition coefficient (Wildman–Crippen LogP) is 7.37. The number of para-hydroxylation sites is 3. The summed E-state index contributed by atoms with van der Waals surface area (Å²) in [6.07, 6.45) is 1.88. The Labute approximate surface area is 170 Å². The molecule has 5 aromatic rings. The number of pyridine rings is 1. The molecule has 0 radical (unpaired) electrons. The van der Waals surface area contributed by atoms with Crippen molar-refractivity contribution in [3.63, 3.8) is 0 Å². The summed E-state index contributed by atoms with van der Waals surface area (Å²) in [5, 5.41) is 1.17. The van der Waals surface area contributed by atoms with Gasteiger partial charge in [-0.2, -0.15) is 0 Å². The molecule has 0 aliphatic carbocycles. The third kappa shape index (κ3) is 3.37. The maximum Gasteiger partial charge on any atom is 0.0708 e. The summed E-state index contributed by atoms with van der Waals surface area (Å²) >= 11 is 0. The highest BCUT2D eigenvalue weighted by Gasteiger charge is 2.12. The molecule has 5 rings (SSSR count). The minimum atomic E-state index is 1.02. The van der Waals surface area contributed by atoms with Crippen molar-refractivity contribution in [2.45, 2.75) is 0 Å². The van der Waals surface area contributed by atoms with Crippen LogP contribution in [-0.2, 0) is 0 Å². The minimum absolute atomic E-state index is 1.02. The zero-order valence-electron chi connectivity index (χ0n) is 15.9. The number of rotatable bonds is 4. The van der Waals surface area contributed by atoms with Gasteiger partial charge in [0.15, 0.2) is 0 Å². The maximum atomic E-state index is 4.48. The van der Waals surface area contributed by atoms with Crippen LogP contribution in [0.15, 0.2) is 121 Å². The van der Waals surface area contributed by atoms with Gasteiger partial charge in [0, 0.05) is 28.6 Å². The molecule has 0 fully saturated rings. The summed E-state index contributed by atoms with van der Waals surface area (Å²) in [4.78, 5) is 6.76. The molecule has 29 heavy (non-hydrogen) atoms. The van der Waals surface area contributed by atoms with Gasteiger partial charge in [0.25, 0.3) is 0 Å². The van der Waals surface area contributed by atoms with Crippen molar-refractivity contribution in [1.82, 2.24) is 4.98 Å². The summed E-state index contributed by atoms with van der Waals surface area (Å²) in [5.74, 6) is 0. The highest BCUT2D eigenvalue weighted by atomic mass is 15.1. The van der Waals surface area contributed by atoms with Crippen LogP contribution in [0.4, 0.5) is 17.1 Å². The molecule has 138 valence electrons. The molecule has 1 aromatic heterocycles. The van der Waals surface area contributed by atoms with E-state index in [0.717, 1.165) is 22.6 Å². The van der Waals surface area contributed by atoms with E-state index in [0.29, 0.717) is 0 Å². The van der Waals surface area contributed by atoms with E-state index in [4.69, 9.17) is 0 Å². The molecule has 0 saturated carbocycles. The summed E-state index contributed by atoms with van der Waals surface area (Å²) in [7, 11) is 0. The van der Waals surface area contributed by atoms with E-state index in [-0.39, 0.29) is 0 Å². The van der Waals surface area contributed by atoms with E-state index in [1.54, 1.807) is 0 Å². The van der Waals surface area contributed by atoms with Crippen LogP contribution in [0.2, 0.25) is 0 Å². The van der Waals surface area contributed by atoms with E-state index >= 15 is 0 Å². The molecule has 0 saturated heterocycles. The normalized spacial score (nSPS) is 10.8. The lowest BCUT2D eigenvalue weighted by Gasteiger charge is -2.25. The SMILES string of the molecule is c1ccc(N(c2ccccc2)c2ccc(-c3ccnc4ccccc34)cc2)cc1. The molecule has 2 nitrogen and oxygen atoms in total. The Morgan fingerprint density at radius 3 is 1.69 bits per heavy atom. The van der Waals surface area contributed by atoms with Gasteiger partial charge in [0.05, 0.1) is 5.52 Å². The fourth-order valence-corrected chi connectivity index (χ4v) is 3.74. The van der Waals surface area contributed by atoms with E-state index < -0.39 is 0 Å². The van der Waals surface area contributed by atoms with Crippen molar-refractivity contribution in [3.8, 4) is 11.1 Å². The Hall–Kier alpha value is -3.91. The number of benzene rings is 4. The van der Waals surface area contributed by atoms with Crippen LogP contribution in [0.1, 0.15) is 0 Å². The molecule has 0 N–H and O–H groups in total. The standard InChI is InChI=1S/C27H20N2/c1-3-9-22(10-4-1)29(23-11-5-2-6-12-23)24-17-15-21(16-18-24)25-19-20-28-27-14-8-7-13-26(25)27/h1-20H. The van der Waals surface area contributed by atoms with Crippen LogP contribution in [0.25, 0.3) is 22.0 Å². The van der Waals surface area contributed by atoms with Gasteiger partial charge >= 0.3 is 0 Å². The first-order chi connectivity index (χ1) is 14.4. The number of nitrogens with zero attached hydrogens (tertiary/aromatic N) is 2. The third-order valence-electron chi connectivity index (χ3n) is 5.11. The van der Waals surface area contributed by atoms with Gasteiger partial charge in [-0.3, -0.25) is 4.98 Å². The number of hydrogen-bond acceptors (Lipinski definition) is 2. The van der Waals surface area contributed by atoms with Crippen LogP contribution in [0, 0.1) is 0 Å². The Bertz CT molecular complexity index is 1190. The van der Waals surface area contributed by atoms with Crippen molar-refractivity contribution >= 4 is 28.0 Å². The quantitative estimate of drug-likeness (QED) is 0.327. The first-order valence-corrected chi connectivity index (χ1v) is 9.74. The maximum absolute atomic E-state index is 4.48. The highest BCUT2D eigenvalue weighted by Crippen LogP contribution is 2.36. The van der Waals surface area contributed by atoms with Crippen molar-refractivity contribution in [3.05, 3.63) is 121 Å². The lowest BCUT2D eigenvalue weighted by Crippen LogP contribution is -2.09.